The first-order chi connectivity index (χ1) is 12.8. The molecule has 0 spiro atoms. The Morgan fingerprint density at radius 2 is 1.93 bits per heavy atom. The van der Waals surface area contributed by atoms with Crippen LogP contribution in [0.25, 0.3) is 0 Å². The van der Waals surface area contributed by atoms with Gasteiger partial charge in [0.05, 0.1) is 12.8 Å². The highest BCUT2D eigenvalue weighted by Crippen LogP contribution is 2.29. The molecule has 1 saturated heterocycles. The molecule has 7 heteroatoms. The van der Waals surface area contributed by atoms with Crippen LogP contribution in [0.1, 0.15) is 19.3 Å². The van der Waals surface area contributed by atoms with E-state index in [0.717, 1.165) is 70.0 Å². The van der Waals surface area contributed by atoms with Gasteiger partial charge in [0, 0.05) is 53.0 Å². The van der Waals surface area contributed by atoms with Gasteiger partial charge in [-0.2, -0.15) is 0 Å². The lowest BCUT2D eigenvalue weighted by Gasteiger charge is -2.38. The van der Waals surface area contributed by atoms with Crippen LogP contribution in [-0.2, 0) is 4.74 Å². The van der Waals surface area contributed by atoms with E-state index in [-0.39, 0.29) is 24.0 Å². The number of rotatable bonds is 8. The van der Waals surface area contributed by atoms with Gasteiger partial charge in [-0.3, -0.25) is 4.99 Å². The van der Waals surface area contributed by atoms with E-state index in [1.54, 1.807) is 7.11 Å². The van der Waals surface area contributed by atoms with Gasteiger partial charge in [-0.05, 0) is 37.3 Å². The second-order valence-corrected chi connectivity index (χ2v) is 6.99. The molecule has 0 unspecified atom stereocenters. The number of hydrogen-bond acceptors (Lipinski definition) is 4. The predicted octanol–water partition coefficient (Wildman–Crippen LogP) is 2.83. The Labute approximate surface area is 180 Å². The number of hydrogen-bond donors (Lipinski definition) is 1. The van der Waals surface area contributed by atoms with Crippen LogP contribution >= 0.6 is 24.0 Å². The van der Waals surface area contributed by atoms with Crippen molar-refractivity contribution in [1.29, 1.82) is 0 Å². The molecule has 6 nitrogen and oxygen atoms in total. The zero-order chi connectivity index (χ0) is 18.2. The fraction of sp³-hybridized carbons (Fsp3) is 0.650. The smallest absolute Gasteiger partial charge is 0.193 e. The molecule has 1 heterocycles. The monoisotopic (exact) mass is 488 g/mol. The van der Waals surface area contributed by atoms with Crippen molar-refractivity contribution in [2.75, 3.05) is 65.0 Å². The van der Waals surface area contributed by atoms with Gasteiger partial charge in [-0.15, -0.1) is 24.0 Å². The van der Waals surface area contributed by atoms with Gasteiger partial charge in [0.15, 0.2) is 5.96 Å². The highest BCUT2D eigenvalue weighted by molar-refractivity contribution is 14.0. The van der Waals surface area contributed by atoms with Crippen LogP contribution in [0.4, 0.5) is 5.69 Å². The largest absolute Gasteiger partial charge is 0.495 e. The Hall–Kier alpha value is -1.22. The maximum absolute atomic E-state index is 5.69. The summed E-state index contributed by atoms with van der Waals surface area (Å²) in [6.07, 6.45) is 3.73. The summed E-state index contributed by atoms with van der Waals surface area (Å²) in [5.41, 5.74) is 1.17. The van der Waals surface area contributed by atoms with Crippen LogP contribution in [0.15, 0.2) is 29.3 Å². The average molecular weight is 488 g/mol. The molecule has 1 N–H and O–H groups in total. The van der Waals surface area contributed by atoms with E-state index in [1.165, 1.54) is 18.5 Å². The highest BCUT2D eigenvalue weighted by Gasteiger charge is 2.22. The molecule has 0 atom stereocenters. The molecule has 1 aliphatic carbocycles. The van der Waals surface area contributed by atoms with Crippen molar-refractivity contribution in [3.63, 3.8) is 0 Å². The Morgan fingerprint density at radius 1 is 1.19 bits per heavy atom. The lowest BCUT2D eigenvalue weighted by molar-refractivity contribution is 0.122. The number of anilines is 1. The molecule has 1 aliphatic heterocycles. The van der Waals surface area contributed by atoms with Gasteiger partial charge in [0.1, 0.15) is 5.75 Å². The SMILES string of the molecule is CN=C(NCCCOCC1CC1)N1CCN(c2ccccc2OC)CC1.I. The molecule has 0 aromatic heterocycles. The number of para-hydroxylation sites is 2. The Kier molecular flexibility index (Phi) is 9.47. The molecule has 1 aromatic rings. The minimum Gasteiger partial charge on any atom is -0.495 e. The first-order valence-corrected chi connectivity index (χ1v) is 9.73. The number of nitrogens with zero attached hydrogens (tertiary/aromatic N) is 3. The van der Waals surface area contributed by atoms with E-state index >= 15 is 0 Å². The maximum Gasteiger partial charge on any atom is 0.193 e. The molecular weight excluding hydrogens is 455 g/mol. The number of benzene rings is 1. The Morgan fingerprint density at radius 3 is 2.59 bits per heavy atom. The fourth-order valence-corrected chi connectivity index (χ4v) is 3.29. The fourth-order valence-electron chi connectivity index (χ4n) is 3.29. The second-order valence-electron chi connectivity index (χ2n) is 6.99. The zero-order valence-electron chi connectivity index (χ0n) is 16.5. The molecule has 0 radical (unpaired) electrons. The summed E-state index contributed by atoms with van der Waals surface area (Å²) in [4.78, 5) is 9.16. The van der Waals surface area contributed by atoms with Crippen molar-refractivity contribution in [1.82, 2.24) is 10.2 Å². The average Bonchev–Trinajstić information content (AvgIpc) is 3.52. The van der Waals surface area contributed by atoms with Gasteiger partial charge in [-0.1, -0.05) is 12.1 Å². The van der Waals surface area contributed by atoms with E-state index in [4.69, 9.17) is 9.47 Å². The zero-order valence-corrected chi connectivity index (χ0v) is 18.9. The topological polar surface area (TPSA) is 49.3 Å². The minimum atomic E-state index is 0. The standard InChI is InChI=1S/C20H32N4O2.HI/c1-21-20(22-10-5-15-26-16-17-8-9-17)24-13-11-23(12-14-24)18-6-3-4-7-19(18)25-2;/h3-4,6-7,17H,5,8-16H2,1-2H3,(H,21,22);1H. The minimum absolute atomic E-state index is 0. The lowest BCUT2D eigenvalue weighted by atomic mass is 10.2. The summed E-state index contributed by atoms with van der Waals surface area (Å²) < 4.78 is 11.2. The van der Waals surface area contributed by atoms with Crippen molar-refractivity contribution < 1.29 is 9.47 Å². The van der Waals surface area contributed by atoms with Gasteiger partial charge in [0.2, 0.25) is 0 Å². The third-order valence-corrected chi connectivity index (χ3v) is 5.02. The first kappa shape index (κ1) is 22.1. The van der Waals surface area contributed by atoms with Gasteiger partial charge >= 0.3 is 0 Å². The third kappa shape index (κ3) is 6.71. The summed E-state index contributed by atoms with van der Waals surface area (Å²) in [5.74, 6) is 2.77. The summed E-state index contributed by atoms with van der Waals surface area (Å²) in [6, 6.07) is 8.23. The number of nitrogens with one attached hydrogen (secondary N) is 1. The van der Waals surface area contributed by atoms with Gasteiger partial charge < -0.3 is 24.6 Å². The summed E-state index contributed by atoms with van der Waals surface area (Å²) in [6.45, 7) is 6.52. The second kappa shape index (κ2) is 11.6. The van der Waals surface area contributed by atoms with E-state index in [2.05, 4.69) is 32.2 Å². The summed E-state index contributed by atoms with van der Waals surface area (Å²) in [5, 5.41) is 3.47. The van der Waals surface area contributed by atoms with Crippen LogP contribution < -0.4 is 15.0 Å². The van der Waals surface area contributed by atoms with Crippen molar-refractivity contribution in [2.24, 2.45) is 10.9 Å². The van der Waals surface area contributed by atoms with Crippen molar-refractivity contribution in [2.45, 2.75) is 19.3 Å². The number of halogens is 1. The van der Waals surface area contributed by atoms with Crippen LogP contribution in [-0.4, -0.2) is 71.0 Å². The Bertz CT molecular complexity index is 587. The highest BCUT2D eigenvalue weighted by atomic mass is 127. The molecule has 1 aromatic carbocycles. The normalized spacial score (nSPS) is 17.5. The molecule has 152 valence electrons. The summed E-state index contributed by atoms with van der Waals surface area (Å²) >= 11 is 0. The van der Waals surface area contributed by atoms with Crippen molar-refractivity contribution in [3.8, 4) is 5.75 Å². The van der Waals surface area contributed by atoms with Crippen LogP contribution in [0.3, 0.4) is 0 Å². The number of methoxy groups -OCH3 is 1. The van der Waals surface area contributed by atoms with Gasteiger partial charge in [0.25, 0.3) is 0 Å². The Balaban J connectivity index is 0.00000261. The summed E-state index contributed by atoms with van der Waals surface area (Å²) in [7, 11) is 3.59. The first-order valence-electron chi connectivity index (χ1n) is 9.73. The van der Waals surface area contributed by atoms with Crippen LogP contribution in [0.5, 0.6) is 5.75 Å². The van der Waals surface area contributed by atoms with E-state index < -0.39 is 0 Å². The predicted molar refractivity (Wildman–Crippen MR) is 122 cm³/mol. The quantitative estimate of drug-likeness (QED) is 0.264. The van der Waals surface area contributed by atoms with E-state index in [1.807, 2.05) is 19.2 Å². The molecule has 0 amide bonds. The molecule has 2 aliphatic rings. The number of aliphatic imine (C=N–C) groups is 1. The van der Waals surface area contributed by atoms with E-state index in [0.29, 0.717) is 0 Å². The van der Waals surface area contributed by atoms with Crippen molar-refractivity contribution in [3.05, 3.63) is 24.3 Å². The number of piperazine rings is 1. The lowest BCUT2D eigenvalue weighted by Crippen LogP contribution is -2.52. The number of ether oxygens (including phenoxy) is 2. The third-order valence-electron chi connectivity index (χ3n) is 5.02. The maximum atomic E-state index is 5.69. The van der Waals surface area contributed by atoms with E-state index in [9.17, 15) is 0 Å². The van der Waals surface area contributed by atoms with Crippen molar-refractivity contribution >= 4 is 35.6 Å². The molecular formula is C20H33IN4O2. The molecule has 1 saturated carbocycles. The molecule has 2 fully saturated rings. The number of guanidine groups is 1. The molecule has 27 heavy (non-hydrogen) atoms. The molecule has 0 bridgehead atoms. The molecule has 3 rings (SSSR count). The van der Waals surface area contributed by atoms with Gasteiger partial charge in [-0.25, -0.2) is 0 Å². The van der Waals surface area contributed by atoms with Crippen LogP contribution in [0, 0.1) is 5.92 Å². The van der Waals surface area contributed by atoms with Crippen LogP contribution in [0.2, 0.25) is 0 Å².